The van der Waals surface area contributed by atoms with E-state index in [2.05, 4.69) is 0 Å². The Morgan fingerprint density at radius 2 is 1.40 bits per heavy atom. The van der Waals surface area contributed by atoms with E-state index in [0.29, 0.717) is 6.42 Å². The van der Waals surface area contributed by atoms with Crippen molar-refractivity contribution in [3.05, 3.63) is 71.8 Å². The first-order chi connectivity index (χ1) is 11.9. The van der Waals surface area contributed by atoms with Crippen molar-refractivity contribution in [3.63, 3.8) is 0 Å². The van der Waals surface area contributed by atoms with Gasteiger partial charge in [0.15, 0.2) is 0 Å². The molecule has 4 atom stereocenters. The average Bonchev–Trinajstić information content (AvgIpc) is 2.66. The van der Waals surface area contributed by atoms with Gasteiger partial charge in [-0.3, -0.25) is 4.79 Å². The molecule has 0 unspecified atom stereocenters. The van der Waals surface area contributed by atoms with Crippen LogP contribution in [-0.4, -0.2) is 34.1 Å². The number of rotatable bonds is 7. The second-order valence-electron chi connectivity index (χ2n) is 6.61. The Bertz CT molecular complexity index is 659. The van der Waals surface area contributed by atoms with Gasteiger partial charge in [-0.1, -0.05) is 67.6 Å². The zero-order chi connectivity index (χ0) is 18.4. The second kappa shape index (κ2) is 8.79. The van der Waals surface area contributed by atoms with Gasteiger partial charge in [0.25, 0.3) is 0 Å². The molecule has 2 aromatic carbocycles. The van der Waals surface area contributed by atoms with Crippen LogP contribution in [0.5, 0.6) is 0 Å². The topological polar surface area (TPSA) is 60.8 Å². The predicted molar refractivity (Wildman–Crippen MR) is 98.8 cm³/mol. The first-order valence-electron chi connectivity index (χ1n) is 8.64. The largest absolute Gasteiger partial charge is 0.388 e. The Morgan fingerprint density at radius 3 is 1.92 bits per heavy atom. The zero-order valence-corrected chi connectivity index (χ0v) is 15.0. The molecule has 0 aromatic heterocycles. The fourth-order valence-corrected chi connectivity index (χ4v) is 2.94. The highest BCUT2D eigenvalue weighted by atomic mass is 16.3. The first kappa shape index (κ1) is 19.2. The Kier molecular flexibility index (Phi) is 6.73. The van der Waals surface area contributed by atoms with Crippen LogP contribution in [0.1, 0.15) is 43.6 Å². The Labute approximate surface area is 149 Å². The molecule has 4 heteroatoms. The molecule has 0 fully saturated rings. The van der Waals surface area contributed by atoms with Gasteiger partial charge in [0.1, 0.15) is 0 Å². The van der Waals surface area contributed by atoms with Gasteiger partial charge in [0.2, 0.25) is 5.91 Å². The summed E-state index contributed by atoms with van der Waals surface area (Å²) in [7, 11) is 1.70. The van der Waals surface area contributed by atoms with Crippen molar-refractivity contribution in [1.29, 1.82) is 0 Å². The quantitative estimate of drug-likeness (QED) is 0.812. The maximum Gasteiger partial charge on any atom is 0.225 e. The lowest BCUT2D eigenvalue weighted by molar-refractivity contribution is -0.138. The Morgan fingerprint density at radius 1 is 0.920 bits per heavy atom. The minimum atomic E-state index is -0.749. The summed E-state index contributed by atoms with van der Waals surface area (Å²) in [5, 5.41) is 20.8. The number of likely N-dealkylation sites (N-methyl/N-ethyl adjacent to an activating group) is 1. The van der Waals surface area contributed by atoms with Crippen molar-refractivity contribution in [2.45, 2.75) is 38.5 Å². The molecule has 2 rings (SSSR count). The van der Waals surface area contributed by atoms with E-state index in [9.17, 15) is 15.0 Å². The number of aliphatic hydroxyl groups is 2. The maximum atomic E-state index is 12.7. The number of carbonyl (C=O) groups excluding carboxylic acids is 1. The SMILES string of the molecule is C[C@@H](C[C@H](O)c1ccccc1)C(=O)N(C)[C@@H](C)[C@@H](O)c1ccccc1. The molecular formula is C21H27NO3. The molecular weight excluding hydrogens is 314 g/mol. The van der Waals surface area contributed by atoms with Crippen molar-refractivity contribution in [2.24, 2.45) is 5.92 Å². The summed E-state index contributed by atoms with van der Waals surface area (Å²) < 4.78 is 0. The number of hydrogen-bond donors (Lipinski definition) is 2. The standard InChI is InChI=1S/C21H27NO3/c1-15(14-19(23)17-10-6-4-7-11-17)21(25)22(3)16(2)20(24)18-12-8-5-9-13-18/h4-13,15-16,19-20,23-24H,14H2,1-3H3/t15-,16-,19-,20+/m0/s1. The van der Waals surface area contributed by atoms with E-state index < -0.39 is 12.2 Å². The van der Waals surface area contributed by atoms with Crippen molar-refractivity contribution in [3.8, 4) is 0 Å². The number of hydrogen-bond acceptors (Lipinski definition) is 3. The fourth-order valence-electron chi connectivity index (χ4n) is 2.94. The van der Waals surface area contributed by atoms with Crippen molar-refractivity contribution in [1.82, 2.24) is 4.90 Å². The number of nitrogens with zero attached hydrogens (tertiary/aromatic N) is 1. The van der Waals surface area contributed by atoms with Crippen LogP contribution in [0.15, 0.2) is 60.7 Å². The molecule has 2 aromatic rings. The van der Waals surface area contributed by atoms with E-state index in [1.165, 1.54) is 0 Å². The number of aliphatic hydroxyl groups excluding tert-OH is 2. The van der Waals surface area contributed by atoms with Crippen LogP contribution in [-0.2, 0) is 4.79 Å². The van der Waals surface area contributed by atoms with E-state index in [1.807, 2.05) is 74.5 Å². The lowest BCUT2D eigenvalue weighted by Crippen LogP contribution is -2.42. The lowest BCUT2D eigenvalue weighted by Gasteiger charge is -2.31. The number of carbonyl (C=O) groups is 1. The van der Waals surface area contributed by atoms with E-state index in [4.69, 9.17) is 0 Å². The number of amides is 1. The highest BCUT2D eigenvalue weighted by Crippen LogP contribution is 2.25. The highest BCUT2D eigenvalue weighted by Gasteiger charge is 2.28. The Balaban J connectivity index is 1.98. The van der Waals surface area contributed by atoms with E-state index in [0.717, 1.165) is 11.1 Å². The van der Waals surface area contributed by atoms with Crippen LogP contribution in [0.25, 0.3) is 0 Å². The molecule has 1 amide bonds. The maximum absolute atomic E-state index is 12.7. The van der Waals surface area contributed by atoms with Crippen LogP contribution >= 0.6 is 0 Å². The molecule has 2 N–H and O–H groups in total. The van der Waals surface area contributed by atoms with Crippen molar-refractivity contribution < 1.29 is 15.0 Å². The zero-order valence-electron chi connectivity index (χ0n) is 15.0. The summed E-state index contributed by atoms with van der Waals surface area (Å²) in [6.45, 7) is 3.64. The van der Waals surface area contributed by atoms with Crippen molar-refractivity contribution >= 4 is 5.91 Å². The summed E-state index contributed by atoms with van der Waals surface area (Å²) in [5.74, 6) is -0.428. The monoisotopic (exact) mass is 341 g/mol. The summed E-state index contributed by atoms with van der Waals surface area (Å²) in [6, 6.07) is 18.3. The smallest absolute Gasteiger partial charge is 0.225 e. The van der Waals surface area contributed by atoms with Crippen LogP contribution in [0.2, 0.25) is 0 Å². The Hall–Kier alpha value is -2.17. The van der Waals surface area contributed by atoms with Gasteiger partial charge in [-0.05, 0) is 24.5 Å². The molecule has 4 nitrogen and oxygen atoms in total. The summed E-state index contributed by atoms with van der Waals surface area (Å²) >= 11 is 0. The summed E-state index contributed by atoms with van der Waals surface area (Å²) in [5.41, 5.74) is 1.59. The molecule has 0 aliphatic heterocycles. The second-order valence-corrected chi connectivity index (χ2v) is 6.61. The van der Waals surface area contributed by atoms with Gasteiger partial charge < -0.3 is 15.1 Å². The van der Waals surface area contributed by atoms with E-state index in [-0.39, 0.29) is 17.9 Å². The van der Waals surface area contributed by atoms with Gasteiger partial charge in [0, 0.05) is 13.0 Å². The predicted octanol–water partition coefficient (Wildman–Crippen LogP) is 3.33. The number of benzene rings is 2. The van der Waals surface area contributed by atoms with Gasteiger partial charge in [0.05, 0.1) is 18.2 Å². The van der Waals surface area contributed by atoms with Gasteiger partial charge in [-0.25, -0.2) is 0 Å². The first-order valence-corrected chi connectivity index (χ1v) is 8.64. The third-order valence-electron chi connectivity index (χ3n) is 4.74. The van der Waals surface area contributed by atoms with Gasteiger partial charge in [-0.2, -0.15) is 0 Å². The summed E-state index contributed by atoms with van der Waals surface area (Å²) in [4.78, 5) is 14.3. The minimum Gasteiger partial charge on any atom is -0.388 e. The molecule has 0 heterocycles. The molecule has 0 spiro atoms. The van der Waals surface area contributed by atoms with Crippen LogP contribution in [0.3, 0.4) is 0 Å². The van der Waals surface area contributed by atoms with Gasteiger partial charge in [-0.15, -0.1) is 0 Å². The molecule has 0 aliphatic carbocycles. The van der Waals surface area contributed by atoms with E-state index >= 15 is 0 Å². The minimum absolute atomic E-state index is 0.0857. The van der Waals surface area contributed by atoms with Crippen LogP contribution < -0.4 is 0 Å². The van der Waals surface area contributed by atoms with Crippen molar-refractivity contribution in [2.75, 3.05) is 7.05 Å². The fraction of sp³-hybridized carbons (Fsp3) is 0.381. The van der Waals surface area contributed by atoms with Crippen LogP contribution in [0.4, 0.5) is 0 Å². The normalized spacial score (nSPS) is 15.9. The molecule has 134 valence electrons. The summed E-state index contributed by atoms with van der Waals surface area (Å²) in [6.07, 6.45) is -1.08. The van der Waals surface area contributed by atoms with Crippen LogP contribution in [0, 0.1) is 5.92 Å². The molecule has 0 bridgehead atoms. The molecule has 0 radical (unpaired) electrons. The molecule has 0 saturated carbocycles. The third-order valence-corrected chi connectivity index (χ3v) is 4.74. The molecule has 0 saturated heterocycles. The lowest BCUT2D eigenvalue weighted by atomic mass is 9.96. The van der Waals surface area contributed by atoms with Gasteiger partial charge >= 0.3 is 0 Å². The third kappa shape index (κ3) is 4.91. The highest BCUT2D eigenvalue weighted by molar-refractivity contribution is 5.78. The average molecular weight is 341 g/mol. The molecule has 0 aliphatic rings. The van der Waals surface area contributed by atoms with E-state index in [1.54, 1.807) is 11.9 Å². The molecule has 25 heavy (non-hydrogen) atoms.